The zero-order valence-corrected chi connectivity index (χ0v) is 33.3. The first-order valence-electron chi connectivity index (χ1n) is 20.9. The third kappa shape index (κ3) is 49.8. The van der Waals surface area contributed by atoms with Crippen molar-refractivity contribution in [1.29, 1.82) is 0 Å². The van der Waals surface area contributed by atoms with Gasteiger partial charge in [0.05, 0.1) is 13.2 Å². The predicted molar refractivity (Wildman–Crippen MR) is 209 cm³/mol. The molecule has 0 aliphatic carbocycles. The lowest BCUT2D eigenvalue weighted by molar-refractivity contribution is -0.144. The van der Waals surface area contributed by atoms with Crippen LogP contribution in [0.1, 0.15) is 246 Å². The molecule has 0 aromatic rings. The molecular formula is C42H84O4S. The Balaban J connectivity index is -0.000000807. The van der Waals surface area contributed by atoms with Gasteiger partial charge in [-0.2, -0.15) is 0 Å². The zero-order chi connectivity index (χ0) is 34.0. The van der Waals surface area contributed by atoms with Gasteiger partial charge in [-0.05, 0) is 12.8 Å². The molecule has 2 radical (unpaired) electrons. The minimum absolute atomic E-state index is 0. The number of carbonyl (C=O) groups excluding carboxylic acids is 2. The van der Waals surface area contributed by atoms with Gasteiger partial charge in [0.25, 0.3) is 0 Å². The van der Waals surface area contributed by atoms with Crippen LogP contribution in [0.3, 0.4) is 0 Å². The Morgan fingerprint density at radius 3 is 0.638 bits per heavy atom. The molecule has 5 heteroatoms. The number of carbonyl (C=O) groups is 2. The van der Waals surface area contributed by atoms with Crippen LogP contribution in [0.15, 0.2) is 0 Å². The monoisotopic (exact) mass is 685 g/mol. The van der Waals surface area contributed by atoms with Gasteiger partial charge in [-0.1, -0.05) is 220 Å². The summed E-state index contributed by atoms with van der Waals surface area (Å²) in [7, 11) is 0. The van der Waals surface area contributed by atoms with Gasteiger partial charge in [0.15, 0.2) is 0 Å². The first-order valence-corrected chi connectivity index (χ1v) is 20.9. The summed E-state index contributed by atoms with van der Waals surface area (Å²) in [5, 5.41) is 0. The largest absolute Gasteiger partial charge is 0.466 e. The lowest BCUT2D eigenvalue weighted by Gasteiger charge is -2.04. The molecule has 0 amide bonds. The molecule has 0 bridgehead atoms. The fourth-order valence-electron chi connectivity index (χ4n) is 5.88. The van der Waals surface area contributed by atoms with E-state index in [1.165, 1.54) is 193 Å². The Hall–Kier alpha value is -0.710. The Bertz CT molecular complexity index is 533. The Morgan fingerprint density at radius 2 is 0.468 bits per heavy atom. The molecule has 4 nitrogen and oxygen atoms in total. The number of rotatable bonds is 36. The van der Waals surface area contributed by atoms with Gasteiger partial charge in [0, 0.05) is 26.3 Å². The van der Waals surface area contributed by atoms with Crippen molar-refractivity contribution in [3.8, 4) is 0 Å². The highest BCUT2D eigenvalue weighted by Gasteiger charge is 1.99. The molecule has 0 aromatic heterocycles. The van der Waals surface area contributed by atoms with Crippen molar-refractivity contribution in [2.75, 3.05) is 13.2 Å². The smallest absolute Gasteiger partial charge is 0.305 e. The number of ether oxygens (including phenoxy) is 2. The SMILES string of the molecule is CCCCCCCCCCCCCCCCCCOC(=O)CC.CCCCCCCCCCCCCCCCCCOC(=O)CC.[S]. The quantitative estimate of drug-likeness (QED) is 0.0487. The van der Waals surface area contributed by atoms with E-state index in [-0.39, 0.29) is 25.4 Å². The third-order valence-corrected chi connectivity index (χ3v) is 9.10. The van der Waals surface area contributed by atoms with E-state index >= 15 is 0 Å². The van der Waals surface area contributed by atoms with E-state index in [4.69, 9.17) is 9.47 Å². The zero-order valence-electron chi connectivity index (χ0n) is 32.5. The molecule has 0 fully saturated rings. The second kappa shape index (κ2) is 47.4. The van der Waals surface area contributed by atoms with Crippen molar-refractivity contribution >= 4 is 25.4 Å². The molecule has 0 aliphatic rings. The fourth-order valence-corrected chi connectivity index (χ4v) is 5.88. The summed E-state index contributed by atoms with van der Waals surface area (Å²) >= 11 is 0. The van der Waals surface area contributed by atoms with Crippen LogP contribution in [-0.4, -0.2) is 25.2 Å². The summed E-state index contributed by atoms with van der Waals surface area (Å²) in [6.07, 6.45) is 44.9. The standard InChI is InChI=1S/2C21H42O2.S/c2*1-3-5-6-7-8-9-10-11-12-13-14-15-16-17-18-19-20-23-21(22)4-2;/h2*3-20H2,1-2H3;. The van der Waals surface area contributed by atoms with Gasteiger partial charge in [-0.15, -0.1) is 0 Å². The van der Waals surface area contributed by atoms with Crippen molar-refractivity contribution < 1.29 is 19.1 Å². The third-order valence-electron chi connectivity index (χ3n) is 9.10. The van der Waals surface area contributed by atoms with Crippen molar-refractivity contribution in [3.63, 3.8) is 0 Å². The molecule has 0 unspecified atom stereocenters. The molecule has 0 spiro atoms. The van der Waals surface area contributed by atoms with Gasteiger partial charge < -0.3 is 9.47 Å². The second-order valence-electron chi connectivity index (χ2n) is 13.8. The van der Waals surface area contributed by atoms with E-state index in [0.29, 0.717) is 26.1 Å². The first kappa shape index (κ1) is 50.7. The maximum absolute atomic E-state index is 10.9. The maximum atomic E-state index is 10.9. The average molecular weight is 685 g/mol. The van der Waals surface area contributed by atoms with E-state index in [1.54, 1.807) is 0 Å². The minimum Gasteiger partial charge on any atom is -0.466 e. The summed E-state index contributed by atoms with van der Waals surface area (Å²) in [6, 6.07) is 0. The van der Waals surface area contributed by atoms with Crippen LogP contribution in [0, 0.1) is 0 Å². The number of esters is 2. The summed E-state index contributed by atoms with van der Waals surface area (Å²) in [5.74, 6) is -0.128. The van der Waals surface area contributed by atoms with E-state index < -0.39 is 0 Å². The molecule has 0 heterocycles. The van der Waals surface area contributed by atoms with Gasteiger partial charge in [-0.25, -0.2) is 0 Å². The van der Waals surface area contributed by atoms with Crippen LogP contribution in [0.4, 0.5) is 0 Å². The highest BCUT2D eigenvalue weighted by molar-refractivity contribution is 7.59. The lowest BCUT2D eigenvalue weighted by atomic mass is 10.0. The van der Waals surface area contributed by atoms with Crippen LogP contribution >= 0.6 is 13.5 Å². The van der Waals surface area contributed by atoms with Crippen molar-refractivity contribution in [2.45, 2.75) is 246 Å². The number of unbranched alkanes of at least 4 members (excludes halogenated alkanes) is 30. The lowest BCUT2D eigenvalue weighted by Crippen LogP contribution is -2.03. The molecule has 0 saturated heterocycles. The Kier molecular flexibility index (Phi) is 51.1. The summed E-state index contributed by atoms with van der Waals surface area (Å²) in [6.45, 7) is 9.48. The van der Waals surface area contributed by atoms with Crippen LogP contribution in [-0.2, 0) is 19.1 Å². The van der Waals surface area contributed by atoms with Crippen LogP contribution in [0.25, 0.3) is 0 Å². The maximum Gasteiger partial charge on any atom is 0.305 e. The summed E-state index contributed by atoms with van der Waals surface area (Å²) in [4.78, 5) is 21.9. The van der Waals surface area contributed by atoms with E-state index in [9.17, 15) is 9.59 Å². The molecule has 0 aromatic carbocycles. The minimum atomic E-state index is -0.0639. The van der Waals surface area contributed by atoms with E-state index in [0.717, 1.165) is 12.8 Å². The normalized spacial score (nSPS) is 10.6. The van der Waals surface area contributed by atoms with Crippen LogP contribution in [0.2, 0.25) is 0 Å². The molecule has 0 aliphatic heterocycles. The predicted octanol–water partition coefficient (Wildman–Crippen LogP) is 15.1. The van der Waals surface area contributed by atoms with Crippen molar-refractivity contribution in [3.05, 3.63) is 0 Å². The molecule has 0 saturated carbocycles. The molecule has 0 N–H and O–H groups in total. The van der Waals surface area contributed by atoms with E-state index in [2.05, 4.69) is 13.8 Å². The molecule has 0 rings (SSSR count). The van der Waals surface area contributed by atoms with E-state index in [1.807, 2.05) is 13.8 Å². The van der Waals surface area contributed by atoms with Gasteiger partial charge in [0.2, 0.25) is 0 Å². The van der Waals surface area contributed by atoms with Crippen molar-refractivity contribution in [1.82, 2.24) is 0 Å². The van der Waals surface area contributed by atoms with Gasteiger partial charge in [0.1, 0.15) is 0 Å². The highest BCUT2D eigenvalue weighted by Crippen LogP contribution is 2.15. The molecular weight excluding hydrogens is 601 g/mol. The highest BCUT2D eigenvalue weighted by atomic mass is 32.1. The Morgan fingerprint density at radius 1 is 0.298 bits per heavy atom. The van der Waals surface area contributed by atoms with Crippen molar-refractivity contribution in [2.24, 2.45) is 0 Å². The second-order valence-corrected chi connectivity index (χ2v) is 13.8. The molecule has 0 atom stereocenters. The first-order chi connectivity index (χ1) is 22.6. The number of hydrogen-bond acceptors (Lipinski definition) is 4. The Labute approximate surface area is 302 Å². The summed E-state index contributed by atoms with van der Waals surface area (Å²) < 4.78 is 10.1. The molecule has 282 valence electrons. The van der Waals surface area contributed by atoms with Gasteiger partial charge >= 0.3 is 11.9 Å². The summed E-state index contributed by atoms with van der Waals surface area (Å²) in [5.41, 5.74) is 0. The van der Waals surface area contributed by atoms with Crippen LogP contribution in [0.5, 0.6) is 0 Å². The number of hydrogen-bond donors (Lipinski definition) is 0. The van der Waals surface area contributed by atoms with Crippen LogP contribution < -0.4 is 0 Å². The molecule has 47 heavy (non-hydrogen) atoms. The topological polar surface area (TPSA) is 52.6 Å². The fraction of sp³-hybridized carbons (Fsp3) is 0.952. The van der Waals surface area contributed by atoms with Gasteiger partial charge in [-0.3, -0.25) is 9.59 Å². The average Bonchev–Trinajstić information content (AvgIpc) is 3.07.